The second-order valence-corrected chi connectivity index (χ2v) is 6.05. The number of nitriles is 1. The number of benzene rings is 1. The lowest BCUT2D eigenvalue weighted by molar-refractivity contribution is -0.384. The zero-order valence-corrected chi connectivity index (χ0v) is 16.5. The van der Waals surface area contributed by atoms with Crippen molar-refractivity contribution in [2.45, 2.75) is 26.2 Å². The largest absolute Gasteiger partial charge is 0.513 e. The van der Waals surface area contributed by atoms with Gasteiger partial charge in [0, 0.05) is 12.1 Å². The van der Waals surface area contributed by atoms with Crippen molar-refractivity contribution in [1.29, 1.82) is 5.26 Å². The van der Waals surface area contributed by atoms with Crippen molar-refractivity contribution in [3.8, 4) is 6.07 Å². The Morgan fingerprint density at radius 2 is 1.83 bits per heavy atom. The third-order valence-electron chi connectivity index (χ3n) is 4.04. The van der Waals surface area contributed by atoms with Gasteiger partial charge in [-0.3, -0.25) is 10.1 Å². The van der Waals surface area contributed by atoms with E-state index in [1.807, 2.05) is 6.07 Å². The molecule has 1 unspecified atom stereocenters. The van der Waals surface area contributed by atoms with Crippen LogP contribution in [0.1, 0.15) is 31.7 Å². The highest BCUT2D eigenvalue weighted by Gasteiger charge is 2.36. The molecule has 1 atom stereocenters. The molecule has 0 saturated carbocycles. The molecule has 1 aromatic carbocycles. The normalized spacial score (nSPS) is 15.6. The van der Waals surface area contributed by atoms with Crippen LogP contribution in [0.25, 0.3) is 0 Å². The third kappa shape index (κ3) is 5.26. The van der Waals surface area contributed by atoms with Gasteiger partial charge in [-0.25, -0.2) is 9.59 Å². The number of hydrogen-bond acceptors (Lipinski definition) is 10. The Kier molecular flexibility index (Phi) is 7.35. The van der Waals surface area contributed by atoms with E-state index >= 15 is 0 Å². The number of nitro groups is 1. The number of nitro benzene ring substituents is 1. The predicted octanol–water partition coefficient (Wildman–Crippen LogP) is 3.59. The van der Waals surface area contributed by atoms with Gasteiger partial charge in [0.2, 0.25) is 0 Å². The molecule has 0 amide bonds. The SMILES string of the molecule is COC(=O)OC1=C(C)NC(C)=C(OC(=O)OCCC#N)C1c1cccc([N+](=O)[O-])c1. The molecule has 1 N–H and O–H groups in total. The molecular weight excluding hydrogens is 398 g/mol. The zero-order chi connectivity index (χ0) is 22.3. The summed E-state index contributed by atoms with van der Waals surface area (Å²) in [7, 11) is 1.13. The molecule has 0 fully saturated rings. The molecule has 1 aromatic rings. The number of allylic oxidation sites excluding steroid dienone is 2. The number of ether oxygens (including phenoxy) is 4. The molecule has 0 radical (unpaired) electrons. The Balaban J connectivity index is 2.49. The maximum atomic E-state index is 12.1. The summed E-state index contributed by atoms with van der Waals surface area (Å²) >= 11 is 0. The Morgan fingerprint density at radius 3 is 2.40 bits per heavy atom. The highest BCUT2D eigenvalue weighted by molar-refractivity contribution is 5.65. The minimum absolute atomic E-state index is 0.0157. The van der Waals surface area contributed by atoms with Gasteiger partial charge in [0.1, 0.15) is 24.0 Å². The fourth-order valence-corrected chi connectivity index (χ4v) is 2.78. The van der Waals surface area contributed by atoms with Gasteiger partial charge in [-0.05, 0) is 19.4 Å². The van der Waals surface area contributed by atoms with Crippen molar-refractivity contribution >= 4 is 18.0 Å². The Morgan fingerprint density at radius 1 is 1.20 bits per heavy atom. The minimum Gasteiger partial charge on any atom is -0.437 e. The topological polar surface area (TPSA) is 150 Å². The number of nitrogens with zero attached hydrogens (tertiary/aromatic N) is 2. The molecule has 11 heteroatoms. The van der Waals surface area contributed by atoms with Crippen molar-refractivity contribution < 1.29 is 33.5 Å². The third-order valence-corrected chi connectivity index (χ3v) is 4.04. The Labute approximate surface area is 171 Å². The average molecular weight is 417 g/mol. The standard InChI is InChI=1S/C19H19N3O8/c1-11-16(29-18(23)27-3)15(13-6-4-7-14(10-13)22(25)26)17(12(2)21-11)30-19(24)28-9-5-8-20/h4,6-7,10,15,21H,5,9H2,1-3H3. The van der Waals surface area contributed by atoms with Gasteiger partial charge in [-0.1, -0.05) is 12.1 Å². The molecule has 11 nitrogen and oxygen atoms in total. The molecule has 0 bridgehead atoms. The van der Waals surface area contributed by atoms with Gasteiger partial charge in [0.25, 0.3) is 5.69 Å². The summed E-state index contributed by atoms with van der Waals surface area (Å²) in [5, 5.41) is 22.7. The maximum absolute atomic E-state index is 12.1. The number of dihydropyridines is 1. The summed E-state index contributed by atoms with van der Waals surface area (Å²) in [6.45, 7) is 3.06. The van der Waals surface area contributed by atoms with E-state index in [1.54, 1.807) is 19.9 Å². The van der Waals surface area contributed by atoms with Gasteiger partial charge in [0.15, 0.2) is 0 Å². The van der Waals surface area contributed by atoms with Crippen molar-refractivity contribution in [2.75, 3.05) is 13.7 Å². The number of rotatable bonds is 6. The van der Waals surface area contributed by atoms with Gasteiger partial charge in [-0.2, -0.15) is 5.26 Å². The van der Waals surface area contributed by atoms with Crippen LogP contribution >= 0.6 is 0 Å². The number of nitrogens with one attached hydrogen (secondary N) is 1. The summed E-state index contributed by atoms with van der Waals surface area (Å²) in [6.07, 6.45) is -2.11. The van der Waals surface area contributed by atoms with E-state index in [0.717, 1.165) is 7.11 Å². The molecular formula is C19H19N3O8. The average Bonchev–Trinajstić information content (AvgIpc) is 2.71. The highest BCUT2D eigenvalue weighted by Crippen LogP contribution is 2.40. The van der Waals surface area contributed by atoms with Crippen LogP contribution < -0.4 is 5.32 Å². The van der Waals surface area contributed by atoms with Gasteiger partial charge < -0.3 is 24.3 Å². The first-order chi connectivity index (χ1) is 14.3. The van der Waals surface area contributed by atoms with E-state index in [9.17, 15) is 19.7 Å². The van der Waals surface area contributed by atoms with Crippen LogP contribution in [0.4, 0.5) is 15.3 Å². The van der Waals surface area contributed by atoms with Crippen LogP contribution in [0.2, 0.25) is 0 Å². The second-order valence-electron chi connectivity index (χ2n) is 6.05. The van der Waals surface area contributed by atoms with E-state index in [0.29, 0.717) is 17.0 Å². The second kappa shape index (κ2) is 9.92. The van der Waals surface area contributed by atoms with E-state index in [-0.39, 0.29) is 30.2 Å². The smallest absolute Gasteiger partial charge is 0.437 e. The lowest BCUT2D eigenvalue weighted by Crippen LogP contribution is -2.29. The molecule has 158 valence electrons. The molecule has 30 heavy (non-hydrogen) atoms. The molecule has 0 spiro atoms. The molecule has 0 aliphatic carbocycles. The minimum atomic E-state index is -1.08. The van der Waals surface area contributed by atoms with Crippen LogP contribution in [0.15, 0.2) is 47.2 Å². The van der Waals surface area contributed by atoms with Crippen molar-refractivity contribution in [2.24, 2.45) is 0 Å². The number of methoxy groups -OCH3 is 1. The fourth-order valence-electron chi connectivity index (χ4n) is 2.78. The fraction of sp³-hybridized carbons (Fsp3) is 0.316. The molecule has 0 saturated heterocycles. The molecule has 0 aromatic heterocycles. The van der Waals surface area contributed by atoms with Gasteiger partial charge in [-0.15, -0.1) is 0 Å². The molecule has 1 aliphatic rings. The van der Waals surface area contributed by atoms with E-state index < -0.39 is 23.2 Å². The van der Waals surface area contributed by atoms with Crippen LogP contribution in [0.5, 0.6) is 0 Å². The first-order valence-electron chi connectivity index (χ1n) is 8.68. The van der Waals surface area contributed by atoms with Crippen LogP contribution in [-0.2, 0) is 18.9 Å². The first kappa shape index (κ1) is 22.2. The Hall–Kier alpha value is -4.07. The number of carbonyl (C=O) groups is 2. The summed E-state index contributed by atoms with van der Waals surface area (Å²) in [4.78, 5) is 34.5. The van der Waals surface area contributed by atoms with E-state index in [1.165, 1.54) is 18.2 Å². The summed E-state index contributed by atoms with van der Waals surface area (Å²) < 4.78 is 20.0. The molecule has 1 aliphatic heterocycles. The molecule has 2 rings (SSSR count). The number of hydrogen-bond donors (Lipinski definition) is 1. The van der Waals surface area contributed by atoms with Gasteiger partial charge >= 0.3 is 12.3 Å². The van der Waals surface area contributed by atoms with Crippen molar-refractivity contribution in [3.05, 3.63) is 62.9 Å². The summed E-state index contributed by atoms with van der Waals surface area (Å²) in [5.74, 6) is -0.927. The lowest BCUT2D eigenvalue weighted by atomic mass is 9.90. The quantitative estimate of drug-likeness (QED) is 0.315. The van der Waals surface area contributed by atoms with E-state index in [2.05, 4.69) is 10.1 Å². The maximum Gasteiger partial charge on any atom is 0.513 e. The number of carbonyl (C=O) groups excluding carboxylic acids is 2. The monoisotopic (exact) mass is 417 g/mol. The van der Waals surface area contributed by atoms with Crippen molar-refractivity contribution in [3.63, 3.8) is 0 Å². The van der Waals surface area contributed by atoms with Gasteiger partial charge in [0.05, 0.1) is 35.9 Å². The van der Waals surface area contributed by atoms with Crippen molar-refractivity contribution in [1.82, 2.24) is 5.32 Å². The zero-order valence-electron chi connectivity index (χ0n) is 16.5. The predicted molar refractivity (Wildman–Crippen MR) is 101 cm³/mol. The first-order valence-corrected chi connectivity index (χ1v) is 8.68. The van der Waals surface area contributed by atoms with Crippen LogP contribution in [-0.4, -0.2) is 31.0 Å². The Bertz CT molecular complexity index is 961. The molecule has 1 heterocycles. The number of non-ortho nitro benzene ring substituents is 1. The lowest BCUT2D eigenvalue weighted by Gasteiger charge is -2.30. The summed E-state index contributed by atoms with van der Waals surface area (Å²) in [6, 6.07) is 7.43. The van der Waals surface area contributed by atoms with Crippen LogP contribution in [0, 0.1) is 21.4 Å². The summed E-state index contributed by atoms with van der Waals surface area (Å²) in [5.41, 5.74) is 0.955. The van der Waals surface area contributed by atoms with E-state index in [4.69, 9.17) is 19.5 Å². The van der Waals surface area contributed by atoms with Crippen LogP contribution in [0.3, 0.4) is 0 Å². The highest BCUT2D eigenvalue weighted by atomic mass is 16.7.